The van der Waals surface area contributed by atoms with E-state index in [1.807, 2.05) is 31.2 Å². The lowest BCUT2D eigenvalue weighted by molar-refractivity contribution is 0.0165. The number of benzene rings is 1. The van der Waals surface area contributed by atoms with Gasteiger partial charge in [0.1, 0.15) is 6.10 Å². The fourth-order valence-corrected chi connectivity index (χ4v) is 1.52. The molecule has 1 rings (SSSR count). The van der Waals surface area contributed by atoms with Crippen molar-refractivity contribution in [2.45, 2.75) is 45.3 Å². The average Bonchev–Trinajstić information content (AvgIpc) is 2.27. The molecule has 0 bridgehead atoms. The SMILES string of the molecule is CCC(O)C(O)c1ccc(C(C)C)cc1. The van der Waals surface area contributed by atoms with Gasteiger partial charge in [-0.25, -0.2) is 0 Å². The monoisotopic (exact) mass is 208 g/mol. The molecule has 0 saturated heterocycles. The van der Waals surface area contributed by atoms with Gasteiger partial charge in [-0.15, -0.1) is 0 Å². The summed E-state index contributed by atoms with van der Waals surface area (Å²) in [4.78, 5) is 0. The molecule has 0 fully saturated rings. The summed E-state index contributed by atoms with van der Waals surface area (Å²) in [7, 11) is 0. The van der Waals surface area contributed by atoms with E-state index in [1.165, 1.54) is 5.56 Å². The van der Waals surface area contributed by atoms with E-state index < -0.39 is 12.2 Å². The number of hydrogen-bond donors (Lipinski definition) is 2. The van der Waals surface area contributed by atoms with E-state index in [4.69, 9.17) is 0 Å². The Morgan fingerprint density at radius 3 is 1.87 bits per heavy atom. The highest BCUT2D eigenvalue weighted by Gasteiger charge is 2.16. The summed E-state index contributed by atoms with van der Waals surface area (Å²) in [6, 6.07) is 7.79. The molecule has 2 heteroatoms. The second-order valence-electron chi connectivity index (χ2n) is 4.24. The normalized spacial score (nSPS) is 15.3. The second kappa shape index (κ2) is 5.29. The van der Waals surface area contributed by atoms with Crippen LogP contribution in [0.15, 0.2) is 24.3 Å². The molecule has 2 N–H and O–H groups in total. The van der Waals surface area contributed by atoms with E-state index in [0.717, 1.165) is 5.56 Å². The van der Waals surface area contributed by atoms with E-state index in [9.17, 15) is 10.2 Å². The maximum atomic E-state index is 9.77. The minimum Gasteiger partial charge on any atom is -0.390 e. The summed E-state index contributed by atoms with van der Waals surface area (Å²) in [5.74, 6) is 0.493. The van der Waals surface area contributed by atoms with Crippen molar-refractivity contribution in [3.05, 3.63) is 35.4 Å². The Bertz CT molecular complexity index is 290. The highest BCUT2D eigenvalue weighted by atomic mass is 16.3. The molecule has 2 unspecified atom stereocenters. The lowest BCUT2D eigenvalue weighted by Gasteiger charge is -2.17. The fraction of sp³-hybridized carbons (Fsp3) is 0.538. The van der Waals surface area contributed by atoms with Gasteiger partial charge in [0.05, 0.1) is 6.10 Å². The molecule has 0 aliphatic heterocycles. The molecule has 15 heavy (non-hydrogen) atoms. The lowest BCUT2D eigenvalue weighted by atomic mass is 9.97. The van der Waals surface area contributed by atoms with Crippen molar-refractivity contribution in [3.63, 3.8) is 0 Å². The fourth-order valence-electron chi connectivity index (χ4n) is 1.52. The maximum Gasteiger partial charge on any atom is 0.105 e. The Balaban J connectivity index is 2.79. The molecule has 1 aromatic rings. The van der Waals surface area contributed by atoms with Gasteiger partial charge < -0.3 is 10.2 Å². The Kier molecular flexibility index (Phi) is 4.30. The van der Waals surface area contributed by atoms with E-state index in [-0.39, 0.29) is 0 Å². The first kappa shape index (κ1) is 12.2. The number of aliphatic hydroxyl groups excluding tert-OH is 2. The summed E-state index contributed by atoms with van der Waals surface area (Å²) < 4.78 is 0. The van der Waals surface area contributed by atoms with Crippen molar-refractivity contribution >= 4 is 0 Å². The van der Waals surface area contributed by atoms with Crippen molar-refractivity contribution in [2.24, 2.45) is 0 Å². The predicted octanol–water partition coefficient (Wildman–Crippen LogP) is 2.61. The summed E-state index contributed by atoms with van der Waals surface area (Å²) in [6.45, 7) is 6.12. The quantitative estimate of drug-likeness (QED) is 0.798. The molecule has 1 aromatic carbocycles. The van der Waals surface area contributed by atoms with Crippen LogP contribution in [0.1, 0.15) is 50.3 Å². The van der Waals surface area contributed by atoms with Gasteiger partial charge in [0.2, 0.25) is 0 Å². The number of rotatable bonds is 4. The molecule has 2 nitrogen and oxygen atoms in total. The van der Waals surface area contributed by atoms with Crippen LogP contribution in [-0.2, 0) is 0 Å². The van der Waals surface area contributed by atoms with Crippen molar-refractivity contribution in [1.82, 2.24) is 0 Å². The molecule has 0 aliphatic rings. The van der Waals surface area contributed by atoms with Gasteiger partial charge in [-0.05, 0) is 23.5 Å². The zero-order valence-corrected chi connectivity index (χ0v) is 9.64. The van der Waals surface area contributed by atoms with Crippen molar-refractivity contribution in [2.75, 3.05) is 0 Å². The third-order valence-corrected chi connectivity index (χ3v) is 2.73. The predicted molar refractivity (Wildman–Crippen MR) is 61.8 cm³/mol. The molecule has 0 radical (unpaired) electrons. The van der Waals surface area contributed by atoms with E-state index in [0.29, 0.717) is 12.3 Å². The van der Waals surface area contributed by atoms with Crippen LogP contribution in [0.4, 0.5) is 0 Å². The van der Waals surface area contributed by atoms with E-state index in [1.54, 1.807) is 0 Å². The number of hydrogen-bond acceptors (Lipinski definition) is 2. The summed E-state index contributed by atoms with van der Waals surface area (Å²) in [6.07, 6.45) is -0.876. The Morgan fingerprint density at radius 1 is 1.00 bits per heavy atom. The largest absolute Gasteiger partial charge is 0.390 e. The van der Waals surface area contributed by atoms with Gasteiger partial charge in [0, 0.05) is 0 Å². The summed E-state index contributed by atoms with van der Waals surface area (Å²) in [5, 5.41) is 19.3. The van der Waals surface area contributed by atoms with Gasteiger partial charge in [-0.3, -0.25) is 0 Å². The Morgan fingerprint density at radius 2 is 1.47 bits per heavy atom. The smallest absolute Gasteiger partial charge is 0.105 e. The van der Waals surface area contributed by atoms with Crippen molar-refractivity contribution < 1.29 is 10.2 Å². The van der Waals surface area contributed by atoms with E-state index >= 15 is 0 Å². The van der Waals surface area contributed by atoms with Crippen LogP contribution in [0.5, 0.6) is 0 Å². The third kappa shape index (κ3) is 3.05. The van der Waals surface area contributed by atoms with Crippen LogP contribution in [0, 0.1) is 0 Å². The van der Waals surface area contributed by atoms with Gasteiger partial charge >= 0.3 is 0 Å². The molecule has 0 aromatic heterocycles. The van der Waals surface area contributed by atoms with Crippen LogP contribution in [0.3, 0.4) is 0 Å². The minimum atomic E-state index is -0.767. The van der Waals surface area contributed by atoms with Gasteiger partial charge in [-0.1, -0.05) is 45.0 Å². The maximum absolute atomic E-state index is 9.77. The van der Waals surface area contributed by atoms with Crippen LogP contribution in [0.2, 0.25) is 0 Å². The zero-order valence-electron chi connectivity index (χ0n) is 9.64. The highest BCUT2D eigenvalue weighted by Crippen LogP contribution is 2.21. The summed E-state index contributed by atoms with van der Waals surface area (Å²) >= 11 is 0. The molecular formula is C13H20O2. The van der Waals surface area contributed by atoms with Crippen LogP contribution < -0.4 is 0 Å². The first-order chi connectivity index (χ1) is 7.06. The minimum absolute atomic E-state index is 0.493. The van der Waals surface area contributed by atoms with Crippen LogP contribution >= 0.6 is 0 Å². The number of aliphatic hydroxyl groups is 2. The lowest BCUT2D eigenvalue weighted by Crippen LogP contribution is -2.16. The van der Waals surface area contributed by atoms with Crippen LogP contribution in [-0.4, -0.2) is 16.3 Å². The van der Waals surface area contributed by atoms with Gasteiger partial charge in [0.15, 0.2) is 0 Å². The molecule has 84 valence electrons. The standard InChI is InChI=1S/C13H20O2/c1-4-12(14)13(15)11-7-5-10(6-8-11)9(2)3/h5-9,12-15H,4H2,1-3H3. The second-order valence-corrected chi connectivity index (χ2v) is 4.24. The Hall–Kier alpha value is -0.860. The van der Waals surface area contributed by atoms with Gasteiger partial charge in [0.25, 0.3) is 0 Å². The molecule has 0 amide bonds. The van der Waals surface area contributed by atoms with Crippen molar-refractivity contribution in [1.29, 1.82) is 0 Å². The highest BCUT2D eigenvalue weighted by molar-refractivity contribution is 5.26. The summed E-state index contributed by atoms with van der Waals surface area (Å²) in [5.41, 5.74) is 2.03. The molecule has 0 spiro atoms. The molecule has 0 aliphatic carbocycles. The van der Waals surface area contributed by atoms with Crippen LogP contribution in [0.25, 0.3) is 0 Å². The first-order valence-corrected chi connectivity index (χ1v) is 5.52. The van der Waals surface area contributed by atoms with Crippen molar-refractivity contribution in [3.8, 4) is 0 Å². The zero-order chi connectivity index (χ0) is 11.4. The molecule has 2 atom stereocenters. The average molecular weight is 208 g/mol. The van der Waals surface area contributed by atoms with E-state index in [2.05, 4.69) is 13.8 Å². The molecule has 0 heterocycles. The molecular weight excluding hydrogens is 188 g/mol. The third-order valence-electron chi connectivity index (χ3n) is 2.73. The Labute approximate surface area is 91.6 Å². The first-order valence-electron chi connectivity index (χ1n) is 5.52. The molecule has 0 saturated carbocycles. The van der Waals surface area contributed by atoms with Gasteiger partial charge in [-0.2, -0.15) is 0 Å². The topological polar surface area (TPSA) is 40.5 Å².